The Bertz CT molecular complexity index is 1200. The Labute approximate surface area is 266 Å². The lowest BCUT2D eigenvalue weighted by molar-refractivity contribution is -0.216. The van der Waals surface area contributed by atoms with E-state index in [1.165, 1.54) is 51.5 Å². The minimum Gasteiger partial charge on any atom is -0.463 e. The number of ether oxygens (including phenoxy) is 4. The van der Waals surface area contributed by atoms with Crippen molar-refractivity contribution < 1.29 is 43.2 Å². The van der Waals surface area contributed by atoms with E-state index in [0.29, 0.717) is 48.7 Å². The predicted molar refractivity (Wildman–Crippen MR) is 165 cm³/mol. The third-order valence-electron chi connectivity index (χ3n) is 11.4. The number of esters is 4. The van der Waals surface area contributed by atoms with E-state index in [1.807, 2.05) is 0 Å². The molecule has 9 rings (SSSR count). The zero-order valence-electron chi connectivity index (χ0n) is 27.1. The smallest absolute Gasteiger partial charge is 0.347 e. The monoisotopic (exact) mass is 626 g/mol. The van der Waals surface area contributed by atoms with E-state index in [4.69, 9.17) is 14.2 Å². The van der Waals surface area contributed by atoms with Gasteiger partial charge in [-0.1, -0.05) is 19.7 Å². The van der Waals surface area contributed by atoms with Crippen molar-refractivity contribution in [2.75, 3.05) is 6.61 Å². The lowest BCUT2D eigenvalue weighted by Gasteiger charge is -2.59. The molecule has 0 spiro atoms. The van der Waals surface area contributed by atoms with Crippen molar-refractivity contribution in [3.63, 3.8) is 0 Å². The number of carbonyl (C=O) groups is 4. The van der Waals surface area contributed by atoms with Gasteiger partial charge < -0.3 is 24.1 Å². The van der Waals surface area contributed by atoms with Crippen molar-refractivity contribution in [1.29, 1.82) is 0 Å². The van der Waals surface area contributed by atoms with Gasteiger partial charge in [0, 0.05) is 30.1 Å². The van der Waals surface area contributed by atoms with Crippen LogP contribution in [0.4, 0.5) is 0 Å². The molecule has 3 unspecified atom stereocenters. The normalized spacial score (nSPS) is 41.0. The number of cyclic esters (lactones) is 1. The Kier molecular flexibility index (Phi) is 9.43. The molecule has 45 heavy (non-hydrogen) atoms. The Morgan fingerprint density at radius 2 is 1.38 bits per heavy atom. The molecule has 0 aromatic carbocycles. The van der Waals surface area contributed by atoms with Gasteiger partial charge in [-0.05, 0) is 120 Å². The fraction of sp³-hybridized carbons (Fsp3) is 0.722. The molecule has 0 amide bonds. The van der Waals surface area contributed by atoms with Gasteiger partial charge in [0.15, 0.2) is 0 Å². The van der Waals surface area contributed by atoms with Crippen LogP contribution in [0.25, 0.3) is 0 Å². The third kappa shape index (κ3) is 7.23. The molecule has 1 aliphatic heterocycles. The Balaban J connectivity index is 0.000000136. The van der Waals surface area contributed by atoms with Crippen LogP contribution < -0.4 is 0 Å². The highest BCUT2D eigenvalue weighted by molar-refractivity contribution is 5.89. The molecule has 8 saturated carbocycles. The third-order valence-corrected chi connectivity index (χ3v) is 11.4. The molecule has 8 bridgehead atoms. The number of carbonyl (C=O) groups excluding carboxylic acids is 4. The Hall–Kier alpha value is -2.94. The van der Waals surface area contributed by atoms with Crippen LogP contribution in [0.2, 0.25) is 0 Å². The number of rotatable bonds is 6. The van der Waals surface area contributed by atoms with E-state index in [0.717, 1.165) is 37.5 Å². The van der Waals surface area contributed by atoms with E-state index < -0.39 is 23.6 Å². The van der Waals surface area contributed by atoms with Crippen molar-refractivity contribution in [2.45, 2.75) is 121 Å². The molecule has 9 heteroatoms. The quantitative estimate of drug-likeness (QED) is 0.230. The summed E-state index contributed by atoms with van der Waals surface area (Å²) in [6.45, 7) is 16.3. The first kappa shape index (κ1) is 33.4. The second-order valence-electron chi connectivity index (χ2n) is 15.3. The highest BCUT2D eigenvalue weighted by Gasteiger charge is 2.59. The summed E-state index contributed by atoms with van der Waals surface area (Å²) in [5, 5.41) is 10.4. The first-order valence-electron chi connectivity index (χ1n) is 16.6. The molecule has 0 radical (unpaired) electrons. The van der Waals surface area contributed by atoms with E-state index in [9.17, 15) is 24.3 Å². The van der Waals surface area contributed by atoms with Crippen LogP contribution in [-0.2, 0) is 38.1 Å². The van der Waals surface area contributed by atoms with Crippen LogP contribution in [0.3, 0.4) is 0 Å². The molecule has 0 aromatic heterocycles. The molecular weight excluding hydrogens is 576 g/mol. The van der Waals surface area contributed by atoms with Gasteiger partial charge >= 0.3 is 23.9 Å². The largest absolute Gasteiger partial charge is 0.463 e. The van der Waals surface area contributed by atoms with Gasteiger partial charge in [0.05, 0.1) is 12.2 Å². The molecule has 9 fully saturated rings. The summed E-state index contributed by atoms with van der Waals surface area (Å²) in [5.41, 5.74) is -0.339. The summed E-state index contributed by atoms with van der Waals surface area (Å²) in [6, 6.07) is 0. The predicted octanol–water partition coefficient (Wildman–Crippen LogP) is 5.54. The average Bonchev–Trinajstić information content (AvgIpc) is 3.34. The van der Waals surface area contributed by atoms with Crippen LogP contribution in [0.15, 0.2) is 37.0 Å². The highest BCUT2D eigenvalue weighted by Crippen LogP contribution is 2.60. The first-order chi connectivity index (χ1) is 21.1. The number of hydrogen-bond acceptors (Lipinski definition) is 9. The summed E-state index contributed by atoms with van der Waals surface area (Å²) in [4.78, 5) is 44.9. The molecular formula is C36H50O9. The Morgan fingerprint density at radius 3 is 1.82 bits per heavy atom. The zero-order chi connectivity index (χ0) is 32.7. The fourth-order valence-corrected chi connectivity index (χ4v) is 9.89. The van der Waals surface area contributed by atoms with E-state index in [-0.39, 0.29) is 28.7 Å². The zero-order valence-corrected chi connectivity index (χ0v) is 27.1. The molecule has 0 aromatic rings. The summed E-state index contributed by atoms with van der Waals surface area (Å²) >= 11 is 0. The van der Waals surface area contributed by atoms with Gasteiger partial charge in [0.25, 0.3) is 0 Å². The molecule has 9 nitrogen and oxygen atoms in total. The minimum absolute atomic E-state index is 0.194. The summed E-state index contributed by atoms with van der Waals surface area (Å²) in [6.07, 6.45) is 13.0. The van der Waals surface area contributed by atoms with E-state index >= 15 is 0 Å². The molecule has 8 aliphatic carbocycles. The molecule has 1 N–H and O–H groups in total. The van der Waals surface area contributed by atoms with Crippen molar-refractivity contribution in [3.8, 4) is 0 Å². The summed E-state index contributed by atoms with van der Waals surface area (Å²) < 4.78 is 20.8. The van der Waals surface area contributed by atoms with Gasteiger partial charge in [-0.15, -0.1) is 0 Å². The molecule has 1 saturated heterocycles. The molecule has 3 atom stereocenters. The average molecular weight is 627 g/mol. The number of hydrogen-bond donors (Lipinski definition) is 1. The first-order valence-corrected chi connectivity index (χ1v) is 16.6. The second kappa shape index (κ2) is 12.7. The molecule has 248 valence electrons. The van der Waals surface area contributed by atoms with Gasteiger partial charge in [-0.3, -0.25) is 0 Å². The minimum atomic E-state index is -0.728. The molecule has 1 heterocycles. The Morgan fingerprint density at radius 1 is 0.844 bits per heavy atom. The van der Waals surface area contributed by atoms with Crippen LogP contribution >= 0.6 is 0 Å². The standard InChI is InChI=1S/C15H22O2.C13H18O3.C8H10O4/c1-9(2)14(16)17-15(3)12-5-10-4-11(7-12)8-13(15)6-10;1-2-11(14)16-13-6-9-3-10(7-13)5-12(15,4-9)8-13;1-5(2)7(9)12-6-3-4-11-8(6)10/h10-13H,1,4-8H2,2-3H3;2,9-10,15H,1,3-8H2;6H,1,3-4H2,2H3. The van der Waals surface area contributed by atoms with Gasteiger partial charge in [-0.25, -0.2) is 19.2 Å². The van der Waals surface area contributed by atoms with Crippen LogP contribution in [-0.4, -0.2) is 58.5 Å². The van der Waals surface area contributed by atoms with Crippen LogP contribution in [0.5, 0.6) is 0 Å². The topological polar surface area (TPSA) is 125 Å². The van der Waals surface area contributed by atoms with E-state index in [2.05, 4.69) is 31.4 Å². The lowest BCUT2D eigenvalue weighted by Crippen LogP contribution is -2.60. The van der Waals surface area contributed by atoms with Crippen LogP contribution in [0.1, 0.15) is 97.8 Å². The van der Waals surface area contributed by atoms with Crippen molar-refractivity contribution in [2.24, 2.45) is 35.5 Å². The van der Waals surface area contributed by atoms with Crippen molar-refractivity contribution in [1.82, 2.24) is 0 Å². The maximum absolute atomic E-state index is 11.8. The summed E-state index contributed by atoms with van der Waals surface area (Å²) in [5.74, 6) is 2.56. The number of aliphatic hydroxyl groups is 1. The SMILES string of the molecule is C=C(C)C(=O)OC1(C)C2CC3CC(C2)CC1C3.C=C(C)C(=O)OC1CCOC1=O.C=CC(=O)OC12CC3CC(CC(O)(C3)C1)C2. The van der Waals surface area contributed by atoms with Crippen molar-refractivity contribution >= 4 is 23.9 Å². The van der Waals surface area contributed by atoms with Crippen molar-refractivity contribution in [3.05, 3.63) is 37.0 Å². The maximum atomic E-state index is 11.8. The second-order valence-corrected chi connectivity index (χ2v) is 15.3. The lowest BCUT2D eigenvalue weighted by atomic mass is 9.50. The highest BCUT2D eigenvalue weighted by atomic mass is 16.6. The molecule has 9 aliphatic rings. The van der Waals surface area contributed by atoms with E-state index in [1.54, 1.807) is 6.92 Å². The van der Waals surface area contributed by atoms with Gasteiger partial charge in [0.2, 0.25) is 6.10 Å². The van der Waals surface area contributed by atoms with Crippen LogP contribution in [0, 0.1) is 35.5 Å². The fourth-order valence-electron chi connectivity index (χ4n) is 9.89. The summed E-state index contributed by atoms with van der Waals surface area (Å²) in [7, 11) is 0. The van der Waals surface area contributed by atoms with Gasteiger partial charge in [0.1, 0.15) is 11.2 Å². The van der Waals surface area contributed by atoms with Gasteiger partial charge in [-0.2, -0.15) is 0 Å². The maximum Gasteiger partial charge on any atom is 0.347 e.